The summed E-state index contributed by atoms with van der Waals surface area (Å²) in [5.74, 6) is 0.830. The molecule has 1 aromatic heterocycles. The molecule has 2 rings (SSSR count). The zero-order chi connectivity index (χ0) is 15.1. The van der Waals surface area contributed by atoms with Crippen molar-refractivity contribution >= 4 is 0 Å². The van der Waals surface area contributed by atoms with Crippen LogP contribution in [0, 0.1) is 0 Å². The van der Waals surface area contributed by atoms with Crippen LogP contribution in [-0.2, 0) is 11.3 Å². The van der Waals surface area contributed by atoms with Crippen LogP contribution in [0.4, 0.5) is 0 Å². The van der Waals surface area contributed by atoms with Gasteiger partial charge in [-0.05, 0) is 41.8 Å². The standard InChI is InChI=1S/C17H22N2O2/c1-3-16(18)17(14-7-9-19-10-8-14)21-12-13-5-4-6-15(11-13)20-2/h4-11,16-17H,3,12,18H2,1-2H3. The van der Waals surface area contributed by atoms with E-state index in [1.165, 1.54) is 0 Å². The summed E-state index contributed by atoms with van der Waals surface area (Å²) in [6.45, 7) is 2.56. The van der Waals surface area contributed by atoms with Crippen molar-refractivity contribution in [2.45, 2.75) is 32.1 Å². The van der Waals surface area contributed by atoms with Crippen LogP contribution < -0.4 is 10.5 Å². The number of aromatic nitrogens is 1. The van der Waals surface area contributed by atoms with Gasteiger partial charge in [-0.15, -0.1) is 0 Å². The highest BCUT2D eigenvalue weighted by molar-refractivity contribution is 5.28. The third-order valence-corrected chi connectivity index (χ3v) is 3.46. The number of benzene rings is 1. The average molecular weight is 286 g/mol. The van der Waals surface area contributed by atoms with E-state index in [2.05, 4.69) is 11.9 Å². The van der Waals surface area contributed by atoms with E-state index in [-0.39, 0.29) is 12.1 Å². The lowest BCUT2D eigenvalue weighted by molar-refractivity contribution is 0.0211. The lowest BCUT2D eigenvalue weighted by Gasteiger charge is -2.24. The molecule has 0 bridgehead atoms. The van der Waals surface area contributed by atoms with Crippen molar-refractivity contribution in [3.63, 3.8) is 0 Å². The Morgan fingerprint density at radius 3 is 2.62 bits per heavy atom. The minimum atomic E-state index is -0.135. The Kier molecular flexibility index (Phi) is 5.72. The van der Waals surface area contributed by atoms with Crippen molar-refractivity contribution in [2.24, 2.45) is 5.73 Å². The van der Waals surface area contributed by atoms with Crippen LogP contribution in [0.2, 0.25) is 0 Å². The Balaban J connectivity index is 2.09. The predicted octanol–water partition coefficient (Wildman–Crippen LogP) is 3.09. The molecule has 4 heteroatoms. The molecule has 0 fully saturated rings. The van der Waals surface area contributed by atoms with Crippen molar-refractivity contribution in [2.75, 3.05) is 7.11 Å². The van der Waals surface area contributed by atoms with Crippen LogP contribution in [0.3, 0.4) is 0 Å². The molecule has 112 valence electrons. The SMILES string of the molecule is CCC(N)C(OCc1cccc(OC)c1)c1ccncc1. The minimum Gasteiger partial charge on any atom is -0.497 e. The Bertz CT molecular complexity index is 545. The van der Waals surface area contributed by atoms with Gasteiger partial charge in [-0.3, -0.25) is 4.98 Å². The average Bonchev–Trinajstić information content (AvgIpc) is 2.56. The number of nitrogens with two attached hydrogens (primary N) is 1. The molecule has 0 saturated heterocycles. The number of pyridine rings is 1. The summed E-state index contributed by atoms with van der Waals surface area (Å²) < 4.78 is 11.3. The van der Waals surface area contributed by atoms with Gasteiger partial charge in [0.2, 0.25) is 0 Å². The molecule has 0 radical (unpaired) electrons. The highest BCUT2D eigenvalue weighted by atomic mass is 16.5. The van der Waals surface area contributed by atoms with Crippen LogP contribution in [0.25, 0.3) is 0 Å². The third kappa shape index (κ3) is 4.28. The van der Waals surface area contributed by atoms with E-state index in [4.69, 9.17) is 15.2 Å². The summed E-state index contributed by atoms with van der Waals surface area (Å²) >= 11 is 0. The number of methoxy groups -OCH3 is 1. The summed E-state index contributed by atoms with van der Waals surface area (Å²) in [6.07, 6.45) is 4.24. The fourth-order valence-electron chi connectivity index (χ4n) is 2.18. The van der Waals surface area contributed by atoms with Gasteiger partial charge < -0.3 is 15.2 Å². The van der Waals surface area contributed by atoms with Gasteiger partial charge in [-0.25, -0.2) is 0 Å². The molecule has 1 heterocycles. The molecule has 0 saturated carbocycles. The number of hydrogen-bond donors (Lipinski definition) is 1. The quantitative estimate of drug-likeness (QED) is 0.849. The van der Waals surface area contributed by atoms with Gasteiger partial charge in [0.1, 0.15) is 5.75 Å². The normalized spacial score (nSPS) is 13.7. The maximum Gasteiger partial charge on any atom is 0.119 e. The van der Waals surface area contributed by atoms with Gasteiger partial charge in [0.05, 0.1) is 19.8 Å². The largest absolute Gasteiger partial charge is 0.497 e. The molecular formula is C17H22N2O2. The zero-order valence-corrected chi connectivity index (χ0v) is 12.5. The fraction of sp³-hybridized carbons (Fsp3) is 0.353. The lowest BCUT2D eigenvalue weighted by Crippen LogP contribution is -2.29. The number of ether oxygens (including phenoxy) is 2. The van der Waals surface area contributed by atoms with Crippen LogP contribution >= 0.6 is 0 Å². The molecular weight excluding hydrogens is 264 g/mol. The van der Waals surface area contributed by atoms with E-state index in [1.54, 1.807) is 19.5 Å². The first-order chi connectivity index (χ1) is 10.2. The Labute approximate surface area is 125 Å². The number of rotatable bonds is 7. The lowest BCUT2D eigenvalue weighted by atomic mass is 10.0. The molecule has 0 amide bonds. The summed E-state index contributed by atoms with van der Waals surface area (Å²) in [6, 6.07) is 11.7. The van der Waals surface area contributed by atoms with E-state index < -0.39 is 0 Å². The van der Waals surface area contributed by atoms with Crippen molar-refractivity contribution in [3.05, 3.63) is 59.9 Å². The van der Waals surface area contributed by atoms with Crippen molar-refractivity contribution in [1.82, 2.24) is 4.98 Å². The van der Waals surface area contributed by atoms with Gasteiger partial charge in [-0.1, -0.05) is 19.1 Å². The molecule has 0 aliphatic carbocycles. The molecule has 4 nitrogen and oxygen atoms in total. The zero-order valence-electron chi connectivity index (χ0n) is 12.5. The summed E-state index contributed by atoms with van der Waals surface area (Å²) in [5.41, 5.74) is 8.32. The number of hydrogen-bond acceptors (Lipinski definition) is 4. The first kappa shape index (κ1) is 15.5. The van der Waals surface area contributed by atoms with Crippen LogP contribution in [-0.4, -0.2) is 18.1 Å². The highest BCUT2D eigenvalue weighted by Crippen LogP contribution is 2.24. The van der Waals surface area contributed by atoms with Gasteiger partial charge >= 0.3 is 0 Å². The molecule has 2 unspecified atom stereocenters. The molecule has 0 aliphatic heterocycles. The first-order valence-electron chi connectivity index (χ1n) is 7.14. The predicted molar refractivity (Wildman–Crippen MR) is 83.0 cm³/mol. The van der Waals surface area contributed by atoms with E-state index in [0.29, 0.717) is 6.61 Å². The number of nitrogens with zero attached hydrogens (tertiary/aromatic N) is 1. The third-order valence-electron chi connectivity index (χ3n) is 3.46. The Morgan fingerprint density at radius 1 is 1.19 bits per heavy atom. The van der Waals surface area contributed by atoms with Crippen LogP contribution in [0.1, 0.15) is 30.6 Å². The fourth-order valence-corrected chi connectivity index (χ4v) is 2.18. The second kappa shape index (κ2) is 7.76. The van der Waals surface area contributed by atoms with E-state index >= 15 is 0 Å². The van der Waals surface area contributed by atoms with Gasteiger partial charge in [-0.2, -0.15) is 0 Å². The molecule has 1 aromatic carbocycles. The molecule has 21 heavy (non-hydrogen) atoms. The summed E-state index contributed by atoms with van der Waals surface area (Å²) in [5, 5.41) is 0. The summed E-state index contributed by atoms with van der Waals surface area (Å²) in [4.78, 5) is 4.04. The maximum absolute atomic E-state index is 6.20. The Morgan fingerprint density at radius 2 is 1.95 bits per heavy atom. The second-order valence-corrected chi connectivity index (χ2v) is 4.94. The molecule has 2 N–H and O–H groups in total. The van der Waals surface area contributed by atoms with Crippen molar-refractivity contribution < 1.29 is 9.47 Å². The topological polar surface area (TPSA) is 57.4 Å². The molecule has 2 aromatic rings. The smallest absolute Gasteiger partial charge is 0.119 e. The van der Waals surface area contributed by atoms with Crippen LogP contribution in [0.15, 0.2) is 48.8 Å². The van der Waals surface area contributed by atoms with E-state index in [9.17, 15) is 0 Å². The molecule has 0 spiro atoms. The first-order valence-corrected chi connectivity index (χ1v) is 7.14. The molecule has 0 aliphatic rings. The van der Waals surface area contributed by atoms with Gasteiger partial charge in [0, 0.05) is 18.4 Å². The van der Waals surface area contributed by atoms with Gasteiger partial charge in [0.15, 0.2) is 0 Å². The van der Waals surface area contributed by atoms with E-state index in [0.717, 1.165) is 23.3 Å². The molecule has 2 atom stereocenters. The second-order valence-electron chi connectivity index (χ2n) is 4.94. The monoisotopic (exact) mass is 286 g/mol. The van der Waals surface area contributed by atoms with Crippen molar-refractivity contribution in [3.8, 4) is 5.75 Å². The van der Waals surface area contributed by atoms with E-state index in [1.807, 2.05) is 36.4 Å². The Hall–Kier alpha value is -1.91. The van der Waals surface area contributed by atoms with Crippen molar-refractivity contribution in [1.29, 1.82) is 0 Å². The highest BCUT2D eigenvalue weighted by Gasteiger charge is 2.19. The minimum absolute atomic E-state index is 0.0435. The summed E-state index contributed by atoms with van der Waals surface area (Å²) in [7, 11) is 1.66. The maximum atomic E-state index is 6.20. The van der Waals surface area contributed by atoms with Crippen LogP contribution in [0.5, 0.6) is 5.75 Å². The van der Waals surface area contributed by atoms with Gasteiger partial charge in [0.25, 0.3) is 0 Å².